The van der Waals surface area contributed by atoms with Crippen LogP contribution in [-0.4, -0.2) is 31.1 Å². The number of benzene rings is 3. The molecule has 0 amide bonds. The Bertz CT molecular complexity index is 1430. The highest BCUT2D eigenvalue weighted by Gasteiger charge is 2.36. The summed E-state index contributed by atoms with van der Waals surface area (Å²) >= 11 is 0. The number of allylic oxidation sites excluding steroid dienone is 1. The van der Waals surface area contributed by atoms with Gasteiger partial charge in [-0.05, 0) is 51.7 Å². The van der Waals surface area contributed by atoms with Crippen LogP contribution in [0.4, 0.5) is 11.6 Å². The number of nitro groups is 1. The molecule has 1 aliphatic rings. The van der Waals surface area contributed by atoms with E-state index in [4.69, 9.17) is 4.74 Å². The first-order valence-electron chi connectivity index (χ1n) is 10.8. The van der Waals surface area contributed by atoms with E-state index in [1.807, 2.05) is 54.6 Å². The molecule has 35 heavy (non-hydrogen) atoms. The Morgan fingerprint density at radius 3 is 2.51 bits per heavy atom. The third-order valence-electron chi connectivity index (χ3n) is 5.79. The van der Waals surface area contributed by atoms with Crippen molar-refractivity contribution in [3.05, 3.63) is 111 Å². The van der Waals surface area contributed by atoms with Gasteiger partial charge in [-0.25, -0.2) is 4.79 Å². The Hall–Kier alpha value is -4.86. The van der Waals surface area contributed by atoms with Gasteiger partial charge in [0.2, 0.25) is 5.95 Å². The summed E-state index contributed by atoms with van der Waals surface area (Å²) in [5.41, 5.74) is 4.11. The van der Waals surface area contributed by atoms with Crippen molar-refractivity contribution in [1.82, 2.24) is 20.2 Å². The van der Waals surface area contributed by atoms with Crippen molar-refractivity contribution in [3.63, 3.8) is 0 Å². The molecule has 3 aromatic carbocycles. The van der Waals surface area contributed by atoms with Crippen molar-refractivity contribution >= 4 is 17.6 Å². The molecule has 1 N–H and O–H groups in total. The molecule has 0 saturated heterocycles. The van der Waals surface area contributed by atoms with E-state index in [1.165, 1.54) is 16.8 Å². The molecular formula is C25H20N6O4. The van der Waals surface area contributed by atoms with E-state index >= 15 is 0 Å². The molecule has 5 rings (SSSR count). The number of ether oxygens (including phenoxy) is 1. The van der Waals surface area contributed by atoms with E-state index in [0.717, 1.165) is 22.3 Å². The van der Waals surface area contributed by atoms with E-state index in [-0.39, 0.29) is 12.3 Å². The largest absolute Gasteiger partial charge is 0.457 e. The lowest BCUT2D eigenvalue weighted by Crippen LogP contribution is -2.30. The Labute approximate surface area is 200 Å². The fraction of sp³-hybridized carbons (Fsp3) is 0.120. The quantitative estimate of drug-likeness (QED) is 0.253. The Kier molecular flexibility index (Phi) is 5.76. The molecule has 10 nitrogen and oxygen atoms in total. The summed E-state index contributed by atoms with van der Waals surface area (Å²) in [5.74, 6) is -0.103. The van der Waals surface area contributed by atoms with Crippen LogP contribution < -0.4 is 5.32 Å². The monoisotopic (exact) mass is 468 g/mol. The van der Waals surface area contributed by atoms with Crippen molar-refractivity contribution in [2.45, 2.75) is 19.6 Å². The van der Waals surface area contributed by atoms with E-state index < -0.39 is 16.9 Å². The molecule has 2 heterocycles. The van der Waals surface area contributed by atoms with Gasteiger partial charge in [0, 0.05) is 17.8 Å². The van der Waals surface area contributed by atoms with Gasteiger partial charge >= 0.3 is 5.97 Å². The summed E-state index contributed by atoms with van der Waals surface area (Å²) in [7, 11) is 0. The number of carbonyl (C=O) groups excluding carboxylic acids is 1. The van der Waals surface area contributed by atoms with E-state index in [9.17, 15) is 14.9 Å². The molecule has 4 aromatic rings. The second-order valence-electron chi connectivity index (χ2n) is 7.97. The highest BCUT2D eigenvalue weighted by Crippen LogP contribution is 2.39. The molecule has 0 spiro atoms. The van der Waals surface area contributed by atoms with Gasteiger partial charge < -0.3 is 10.1 Å². The van der Waals surface area contributed by atoms with Crippen LogP contribution in [0.1, 0.15) is 24.1 Å². The first kappa shape index (κ1) is 22.0. The minimum Gasteiger partial charge on any atom is -0.457 e. The molecule has 1 unspecified atom stereocenters. The third-order valence-corrected chi connectivity index (χ3v) is 5.79. The molecule has 10 heteroatoms. The normalized spacial score (nSPS) is 14.7. The number of rotatable bonds is 6. The van der Waals surface area contributed by atoms with Crippen LogP contribution in [0.5, 0.6) is 0 Å². The molecular weight excluding hydrogens is 448 g/mol. The van der Waals surface area contributed by atoms with Crippen molar-refractivity contribution in [2.24, 2.45) is 0 Å². The molecule has 0 saturated carbocycles. The van der Waals surface area contributed by atoms with Crippen LogP contribution in [0.3, 0.4) is 0 Å². The zero-order valence-corrected chi connectivity index (χ0v) is 18.7. The average Bonchev–Trinajstić information content (AvgIpc) is 3.35. The van der Waals surface area contributed by atoms with Crippen LogP contribution in [0.15, 0.2) is 90.1 Å². The number of hydrogen-bond donors (Lipinski definition) is 1. The molecule has 0 bridgehead atoms. The topological polar surface area (TPSA) is 125 Å². The fourth-order valence-corrected chi connectivity index (χ4v) is 4.13. The number of non-ortho nitro benzene ring substituents is 1. The SMILES string of the molecule is CC1=C(C(=O)OCc2ccccc2)C(c2ccccc2-c2ccc([N+](=O)[O-])cc2)n2nnnc2N1. The second kappa shape index (κ2) is 9.18. The molecule has 0 radical (unpaired) electrons. The van der Waals surface area contributed by atoms with Crippen LogP contribution in [0.2, 0.25) is 0 Å². The van der Waals surface area contributed by atoms with Gasteiger partial charge in [-0.15, -0.1) is 0 Å². The smallest absolute Gasteiger partial charge is 0.338 e. The first-order chi connectivity index (χ1) is 17.0. The van der Waals surface area contributed by atoms with Gasteiger partial charge in [0.1, 0.15) is 12.6 Å². The second-order valence-corrected chi connectivity index (χ2v) is 7.97. The maximum absolute atomic E-state index is 13.4. The maximum Gasteiger partial charge on any atom is 0.338 e. The summed E-state index contributed by atoms with van der Waals surface area (Å²) in [5, 5.41) is 26.1. The van der Waals surface area contributed by atoms with Gasteiger partial charge in [-0.2, -0.15) is 4.68 Å². The summed E-state index contributed by atoms with van der Waals surface area (Å²) in [4.78, 5) is 24.1. The van der Waals surface area contributed by atoms with Crippen LogP contribution in [-0.2, 0) is 16.1 Å². The summed E-state index contributed by atoms with van der Waals surface area (Å²) in [6.45, 7) is 1.90. The number of nitrogens with zero attached hydrogens (tertiary/aromatic N) is 5. The highest BCUT2D eigenvalue weighted by molar-refractivity contribution is 5.93. The molecule has 1 aromatic heterocycles. The Balaban J connectivity index is 1.56. The molecule has 1 atom stereocenters. The van der Waals surface area contributed by atoms with Crippen LogP contribution >= 0.6 is 0 Å². The third kappa shape index (κ3) is 4.24. The standard InChI is InChI=1S/C25H20N6O4/c1-16-22(24(32)35-15-17-7-3-2-4-8-17)23(30-25(26-16)27-28-29-30)21-10-6-5-9-20(21)18-11-13-19(14-12-18)31(33)34/h2-14,23H,15H2,1H3,(H,26,27,29). The predicted octanol–water partition coefficient (Wildman–Crippen LogP) is 4.28. The maximum atomic E-state index is 13.4. The minimum absolute atomic E-state index is 0.00298. The molecule has 1 aliphatic heterocycles. The first-order valence-corrected chi connectivity index (χ1v) is 10.8. The number of anilines is 1. The zero-order valence-electron chi connectivity index (χ0n) is 18.7. The summed E-state index contributed by atoms with van der Waals surface area (Å²) in [6.07, 6.45) is 0. The van der Waals surface area contributed by atoms with E-state index in [2.05, 4.69) is 20.8 Å². The van der Waals surface area contributed by atoms with Gasteiger partial charge in [-0.3, -0.25) is 10.1 Å². The number of fused-ring (bicyclic) bond motifs is 1. The van der Waals surface area contributed by atoms with E-state index in [0.29, 0.717) is 17.2 Å². The Morgan fingerprint density at radius 1 is 1.06 bits per heavy atom. The fourth-order valence-electron chi connectivity index (χ4n) is 4.13. The van der Waals surface area contributed by atoms with Crippen molar-refractivity contribution in [2.75, 3.05) is 5.32 Å². The molecule has 0 aliphatic carbocycles. The average molecular weight is 468 g/mol. The number of nitro benzene ring substituents is 1. The number of carbonyl (C=O) groups is 1. The van der Waals surface area contributed by atoms with Gasteiger partial charge in [0.15, 0.2) is 0 Å². The van der Waals surface area contributed by atoms with E-state index in [1.54, 1.807) is 19.1 Å². The van der Waals surface area contributed by atoms with Gasteiger partial charge in [0.05, 0.1) is 10.5 Å². The Morgan fingerprint density at radius 2 is 1.77 bits per heavy atom. The van der Waals surface area contributed by atoms with Gasteiger partial charge in [0.25, 0.3) is 5.69 Å². The zero-order chi connectivity index (χ0) is 24.4. The highest BCUT2D eigenvalue weighted by atomic mass is 16.6. The molecule has 174 valence electrons. The number of tetrazole rings is 1. The van der Waals surface area contributed by atoms with Crippen molar-refractivity contribution in [1.29, 1.82) is 0 Å². The van der Waals surface area contributed by atoms with Crippen LogP contribution in [0, 0.1) is 10.1 Å². The number of hydrogen-bond acceptors (Lipinski definition) is 8. The number of esters is 1. The van der Waals surface area contributed by atoms with Gasteiger partial charge in [-0.1, -0.05) is 59.7 Å². The lowest BCUT2D eigenvalue weighted by molar-refractivity contribution is -0.384. The summed E-state index contributed by atoms with van der Waals surface area (Å²) < 4.78 is 7.21. The predicted molar refractivity (Wildman–Crippen MR) is 127 cm³/mol. The molecule has 0 fully saturated rings. The number of nitrogens with one attached hydrogen (secondary N) is 1. The lowest BCUT2D eigenvalue weighted by atomic mass is 9.89. The lowest BCUT2D eigenvalue weighted by Gasteiger charge is -2.28. The van der Waals surface area contributed by atoms with Crippen molar-refractivity contribution < 1.29 is 14.5 Å². The van der Waals surface area contributed by atoms with Crippen molar-refractivity contribution in [3.8, 4) is 11.1 Å². The minimum atomic E-state index is -0.670. The van der Waals surface area contributed by atoms with Crippen LogP contribution in [0.25, 0.3) is 11.1 Å². The summed E-state index contributed by atoms with van der Waals surface area (Å²) in [6, 6.07) is 22.5. The number of aromatic nitrogens is 4.